The monoisotopic (exact) mass is 646 g/mol. The molecule has 3 aromatic carbocycles. The number of carbonyl (C=O) groups is 1. The average molecular weight is 647 g/mol. The van der Waals surface area contributed by atoms with Gasteiger partial charge in [-0.2, -0.15) is 0 Å². The highest BCUT2D eigenvalue weighted by Gasteiger charge is 2.26. The summed E-state index contributed by atoms with van der Waals surface area (Å²) < 4.78 is 16.8. The Balaban J connectivity index is 0.00000119. The quantitative estimate of drug-likeness (QED) is 0.0980. The zero-order valence-electron chi connectivity index (χ0n) is 29.0. The van der Waals surface area contributed by atoms with Gasteiger partial charge in [-0.1, -0.05) is 58.9 Å². The molecular weight excluding hydrogens is 600 g/mol. The predicted molar refractivity (Wildman–Crippen MR) is 185 cm³/mol. The minimum Gasteiger partial charge on any atom is -0.497 e. The molecule has 4 rings (SSSR count). The standard InChI is InChI=1S/C30H30N4O7.C4H10.C2H6/c1-19-14-23(34(37)38)15-20(2)27(19)33-18-31-28(26(29(33)35)30(36)41-5)32(16-21-6-10-24(39-3)11-7-21)17-22-8-12-25(40-4)13-9-22;1-4(2)3;1-2/h6-15,18H,16-17H2,1-5H3;4H,1-3H3;1-2H3. The normalized spacial score (nSPS) is 10.2. The van der Waals surface area contributed by atoms with Crippen molar-refractivity contribution in [3.63, 3.8) is 0 Å². The summed E-state index contributed by atoms with van der Waals surface area (Å²) in [6.07, 6.45) is 1.33. The molecule has 0 saturated carbocycles. The topological polar surface area (TPSA) is 126 Å². The average Bonchev–Trinajstić information content (AvgIpc) is 3.05. The molecule has 0 bridgehead atoms. The van der Waals surface area contributed by atoms with Gasteiger partial charge in [0, 0.05) is 25.2 Å². The van der Waals surface area contributed by atoms with Gasteiger partial charge in [0.2, 0.25) is 0 Å². The van der Waals surface area contributed by atoms with Gasteiger partial charge in [-0.25, -0.2) is 9.78 Å². The first kappa shape index (κ1) is 38.0. The van der Waals surface area contributed by atoms with Gasteiger partial charge in [0.1, 0.15) is 17.8 Å². The smallest absolute Gasteiger partial charge is 0.347 e. The SMILES string of the molecule is CC.CC(C)C.COC(=O)c1c(N(Cc2ccc(OC)cc2)Cc2ccc(OC)cc2)ncn(-c2c(C)cc([N+](=O)[O-])cc2C)c1=O. The Morgan fingerprint density at radius 1 is 0.872 bits per heavy atom. The third kappa shape index (κ3) is 10.2. The van der Waals surface area contributed by atoms with E-state index in [4.69, 9.17) is 14.2 Å². The van der Waals surface area contributed by atoms with E-state index in [1.165, 1.54) is 30.1 Å². The third-order valence-corrected chi connectivity index (χ3v) is 6.63. The summed E-state index contributed by atoms with van der Waals surface area (Å²) in [6, 6.07) is 17.6. The molecular formula is C36H46N4O7. The molecule has 0 saturated heterocycles. The lowest BCUT2D eigenvalue weighted by Crippen LogP contribution is -2.33. The van der Waals surface area contributed by atoms with Crippen LogP contribution in [0.1, 0.15) is 67.2 Å². The first-order valence-electron chi connectivity index (χ1n) is 15.4. The molecule has 47 heavy (non-hydrogen) atoms. The van der Waals surface area contributed by atoms with Gasteiger partial charge in [0.25, 0.3) is 11.2 Å². The Morgan fingerprint density at radius 3 is 1.66 bits per heavy atom. The Labute approximate surface area is 276 Å². The molecule has 0 spiro atoms. The number of aromatic nitrogens is 2. The minimum atomic E-state index is -0.849. The molecule has 0 atom stereocenters. The maximum absolute atomic E-state index is 13.9. The lowest BCUT2D eigenvalue weighted by Gasteiger charge is -2.26. The molecule has 0 aliphatic heterocycles. The highest BCUT2D eigenvalue weighted by molar-refractivity contribution is 5.94. The van der Waals surface area contributed by atoms with Crippen LogP contribution in [0.15, 0.2) is 71.8 Å². The van der Waals surface area contributed by atoms with Crippen LogP contribution in [0, 0.1) is 29.9 Å². The summed E-state index contributed by atoms with van der Waals surface area (Å²) in [4.78, 5) is 44.3. The van der Waals surface area contributed by atoms with Crippen LogP contribution >= 0.6 is 0 Å². The van der Waals surface area contributed by atoms with Crippen LogP contribution in [0.3, 0.4) is 0 Å². The lowest BCUT2D eigenvalue weighted by atomic mass is 10.1. The van der Waals surface area contributed by atoms with Crippen LogP contribution in [-0.4, -0.2) is 41.8 Å². The maximum Gasteiger partial charge on any atom is 0.347 e. The van der Waals surface area contributed by atoms with Crippen LogP contribution in [0.5, 0.6) is 11.5 Å². The first-order valence-corrected chi connectivity index (χ1v) is 15.4. The van der Waals surface area contributed by atoms with Crippen molar-refractivity contribution in [2.24, 2.45) is 5.92 Å². The van der Waals surface area contributed by atoms with E-state index in [1.807, 2.05) is 67.3 Å². The predicted octanol–water partition coefficient (Wildman–Crippen LogP) is 7.46. The zero-order valence-corrected chi connectivity index (χ0v) is 29.0. The van der Waals surface area contributed by atoms with Crippen molar-refractivity contribution in [2.45, 2.75) is 61.6 Å². The second-order valence-electron chi connectivity index (χ2n) is 11.1. The second-order valence-corrected chi connectivity index (χ2v) is 11.1. The van der Waals surface area contributed by atoms with Crippen molar-refractivity contribution in [3.05, 3.63) is 115 Å². The fraction of sp³-hybridized carbons (Fsp3) is 0.361. The fourth-order valence-corrected chi connectivity index (χ4v) is 4.65. The van der Waals surface area contributed by atoms with Crippen molar-refractivity contribution in [1.29, 1.82) is 0 Å². The van der Waals surface area contributed by atoms with Gasteiger partial charge >= 0.3 is 5.97 Å². The Kier molecular flexibility index (Phi) is 14.6. The Morgan fingerprint density at radius 2 is 1.30 bits per heavy atom. The van der Waals surface area contributed by atoms with Gasteiger partial charge in [-0.15, -0.1) is 0 Å². The largest absolute Gasteiger partial charge is 0.497 e. The highest BCUT2D eigenvalue weighted by Crippen LogP contribution is 2.27. The van der Waals surface area contributed by atoms with E-state index in [-0.39, 0.29) is 17.1 Å². The molecule has 1 heterocycles. The number of carbonyl (C=O) groups excluding carboxylic acids is 1. The number of benzene rings is 3. The van der Waals surface area contributed by atoms with Crippen molar-refractivity contribution >= 4 is 17.5 Å². The van der Waals surface area contributed by atoms with E-state index < -0.39 is 16.5 Å². The number of nitro groups is 1. The van der Waals surface area contributed by atoms with Crippen LogP contribution in [0.25, 0.3) is 5.69 Å². The number of ether oxygens (including phenoxy) is 3. The summed E-state index contributed by atoms with van der Waals surface area (Å²) in [5.74, 6) is 1.51. The van der Waals surface area contributed by atoms with E-state index >= 15 is 0 Å². The number of methoxy groups -OCH3 is 3. The number of aryl methyl sites for hydroxylation is 2. The number of nitrogens with zero attached hydrogens (tertiary/aromatic N) is 4. The van der Waals surface area contributed by atoms with Crippen molar-refractivity contribution in [2.75, 3.05) is 26.2 Å². The van der Waals surface area contributed by atoms with E-state index in [2.05, 4.69) is 25.8 Å². The van der Waals surface area contributed by atoms with E-state index in [1.54, 1.807) is 28.1 Å². The minimum absolute atomic E-state index is 0.0975. The van der Waals surface area contributed by atoms with Crippen molar-refractivity contribution in [1.82, 2.24) is 9.55 Å². The summed E-state index contributed by atoms with van der Waals surface area (Å²) in [7, 11) is 4.37. The van der Waals surface area contributed by atoms with Gasteiger partial charge in [0.05, 0.1) is 31.9 Å². The molecule has 0 fully saturated rings. The number of nitro benzene ring substituents is 1. The summed E-state index contributed by atoms with van der Waals surface area (Å²) in [6.45, 7) is 14.4. The molecule has 11 nitrogen and oxygen atoms in total. The van der Waals surface area contributed by atoms with Gasteiger partial charge in [0.15, 0.2) is 11.4 Å². The zero-order chi connectivity index (χ0) is 35.3. The molecule has 0 unspecified atom stereocenters. The molecule has 1 aromatic heterocycles. The molecule has 0 N–H and O–H groups in total. The van der Waals surface area contributed by atoms with E-state index in [0.29, 0.717) is 41.4 Å². The van der Waals surface area contributed by atoms with Crippen LogP contribution < -0.4 is 19.9 Å². The summed E-state index contributed by atoms with van der Waals surface area (Å²) >= 11 is 0. The Hall–Kier alpha value is -5.19. The maximum atomic E-state index is 13.9. The molecule has 0 aliphatic rings. The number of hydrogen-bond donors (Lipinski definition) is 0. The van der Waals surface area contributed by atoms with Gasteiger partial charge in [-0.3, -0.25) is 19.5 Å². The highest BCUT2D eigenvalue weighted by atomic mass is 16.6. The van der Waals surface area contributed by atoms with Gasteiger partial charge < -0.3 is 19.1 Å². The van der Waals surface area contributed by atoms with Crippen molar-refractivity contribution < 1.29 is 23.9 Å². The summed E-state index contributed by atoms with van der Waals surface area (Å²) in [5.41, 5.74) is 2.15. The molecule has 0 radical (unpaired) electrons. The van der Waals surface area contributed by atoms with Crippen LogP contribution in [0.2, 0.25) is 0 Å². The first-order chi connectivity index (χ1) is 22.4. The third-order valence-electron chi connectivity index (χ3n) is 6.63. The van der Waals surface area contributed by atoms with Crippen LogP contribution in [-0.2, 0) is 17.8 Å². The Bertz CT molecular complexity index is 1610. The van der Waals surface area contributed by atoms with Crippen LogP contribution in [0.4, 0.5) is 11.5 Å². The summed E-state index contributed by atoms with van der Waals surface area (Å²) in [5, 5.41) is 11.3. The van der Waals surface area contributed by atoms with E-state index in [0.717, 1.165) is 17.0 Å². The molecule has 252 valence electrons. The molecule has 0 aliphatic carbocycles. The number of non-ortho nitro benzene ring substituents is 1. The number of hydrogen-bond acceptors (Lipinski definition) is 9. The molecule has 0 amide bonds. The second kappa shape index (κ2) is 18.1. The number of anilines is 1. The molecule has 11 heteroatoms. The fourth-order valence-electron chi connectivity index (χ4n) is 4.65. The van der Waals surface area contributed by atoms with E-state index in [9.17, 15) is 19.7 Å². The molecule has 4 aromatic rings. The van der Waals surface area contributed by atoms with Crippen molar-refractivity contribution in [3.8, 4) is 17.2 Å². The van der Waals surface area contributed by atoms with Gasteiger partial charge in [-0.05, 0) is 66.3 Å². The number of rotatable bonds is 10. The lowest BCUT2D eigenvalue weighted by molar-refractivity contribution is -0.384. The number of esters is 1.